The Kier molecular flexibility index (Phi) is 2.83. The maximum atomic E-state index is 9.62. The van der Waals surface area contributed by atoms with Crippen molar-refractivity contribution in [1.82, 2.24) is 0 Å². The smallest absolute Gasteiger partial charge is 0.105 e. The molecule has 0 radical (unpaired) electrons. The van der Waals surface area contributed by atoms with Crippen LogP contribution < -0.4 is 0 Å². The van der Waals surface area contributed by atoms with E-state index in [0.29, 0.717) is 5.92 Å². The van der Waals surface area contributed by atoms with Crippen LogP contribution in [-0.4, -0.2) is 0 Å². The standard InChI is InChI=1S/C15H17N/c1-12-7-6-8-13(2)15(12,11-16)14-9-4-3-5-10-14/h3-5,9-10,13H,1,6-8H2,2H3/t13-,15-/m0/s1. The molecule has 0 N–H and O–H groups in total. The molecular formula is C15H17N. The normalized spacial score (nSPS) is 29.8. The van der Waals surface area contributed by atoms with Gasteiger partial charge >= 0.3 is 0 Å². The van der Waals surface area contributed by atoms with Crippen molar-refractivity contribution < 1.29 is 0 Å². The molecule has 0 aromatic heterocycles. The highest BCUT2D eigenvalue weighted by atomic mass is 14.5. The second-order valence-electron chi connectivity index (χ2n) is 4.68. The third-order valence-corrected chi connectivity index (χ3v) is 3.82. The summed E-state index contributed by atoms with van der Waals surface area (Å²) < 4.78 is 0. The summed E-state index contributed by atoms with van der Waals surface area (Å²) in [4.78, 5) is 0. The van der Waals surface area contributed by atoms with Crippen molar-refractivity contribution >= 4 is 0 Å². The van der Waals surface area contributed by atoms with Crippen LogP contribution in [-0.2, 0) is 5.41 Å². The van der Waals surface area contributed by atoms with Gasteiger partial charge in [-0.15, -0.1) is 0 Å². The second kappa shape index (κ2) is 4.14. The van der Waals surface area contributed by atoms with Gasteiger partial charge in [0, 0.05) is 0 Å². The first kappa shape index (κ1) is 11.0. The molecule has 16 heavy (non-hydrogen) atoms. The van der Waals surface area contributed by atoms with Crippen molar-refractivity contribution in [2.24, 2.45) is 5.92 Å². The summed E-state index contributed by atoms with van der Waals surface area (Å²) >= 11 is 0. The molecule has 1 saturated carbocycles. The minimum Gasteiger partial charge on any atom is -0.197 e. The van der Waals surface area contributed by atoms with Gasteiger partial charge in [-0.1, -0.05) is 49.4 Å². The van der Waals surface area contributed by atoms with E-state index >= 15 is 0 Å². The molecule has 0 amide bonds. The lowest BCUT2D eigenvalue weighted by Gasteiger charge is -2.39. The number of hydrogen-bond acceptors (Lipinski definition) is 1. The quantitative estimate of drug-likeness (QED) is 0.648. The van der Waals surface area contributed by atoms with E-state index in [1.807, 2.05) is 18.2 Å². The van der Waals surface area contributed by atoms with Gasteiger partial charge in [-0.3, -0.25) is 0 Å². The van der Waals surface area contributed by atoms with E-state index in [2.05, 4.69) is 31.7 Å². The first-order valence-corrected chi connectivity index (χ1v) is 5.87. The zero-order valence-electron chi connectivity index (χ0n) is 9.74. The van der Waals surface area contributed by atoms with Crippen LogP contribution in [0.15, 0.2) is 42.5 Å². The van der Waals surface area contributed by atoms with Gasteiger partial charge in [-0.25, -0.2) is 0 Å². The highest BCUT2D eigenvalue weighted by Gasteiger charge is 2.42. The first-order valence-electron chi connectivity index (χ1n) is 5.87. The summed E-state index contributed by atoms with van der Waals surface area (Å²) in [7, 11) is 0. The van der Waals surface area contributed by atoms with Crippen molar-refractivity contribution in [3.05, 3.63) is 48.0 Å². The van der Waals surface area contributed by atoms with Crippen molar-refractivity contribution in [3.63, 3.8) is 0 Å². The Bertz CT molecular complexity index is 426. The molecule has 1 heteroatoms. The Morgan fingerprint density at radius 1 is 1.38 bits per heavy atom. The Morgan fingerprint density at radius 2 is 2.06 bits per heavy atom. The largest absolute Gasteiger partial charge is 0.197 e. The third-order valence-electron chi connectivity index (χ3n) is 3.82. The molecule has 2 rings (SSSR count). The molecule has 1 nitrogen and oxygen atoms in total. The lowest BCUT2D eigenvalue weighted by molar-refractivity contribution is 0.334. The molecule has 1 aliphatic rings. The number of hydrogen-bond donors (Lipinski definition) is 0. The van der Waals surface area contributed by atoms with Crippen LogP contribution in [0, 0.1) is 17.2 Å². The summed E-state index contributed by atoms with van der Waals surface area (Å²) in [6.45, 7) is 6.31. The molecule has 0 bridgehead atoms. The summed E-state index contributed by atoms with van der Waals surface area (Å²) in [6, 6.07) is 12.6. The number of nitriles is 1. The van der Waals surface area contributed by atoms with Crippen molar-refractivity contribution in [3.8, 4) is 6.07 Å². The zero-order chi connectivity index (χ0) is 11.6. The molecule has 1 aliphatic carbocycles. The molecule has 1 aromatic carbocycles. The number of nitrogens with zero attached hydrogens (tertiary/aromatic N) is 1. The SMILES string of the molecule is C=C1CCC[C@H](C)[C@@]1(C#N)c1ccccc1. The highest BCUT2D eigenvalue weighted by Crippen LogP contribution is 2.45. The topological polar surface area (TPSA) is 23.8 Å². The summed E-state index contributed by atoms with van der Waals surface area (Å²) in [5, 5.41) is 9.62. The second-order valence-corrected chi connectivity index (χ2v) is 4.68. The number of rotatable bonds is 1. The zero-order valence-corrected chi connectivity index (χ0v) is 9.74. The first-order chi connectivity index (χ1) is 7.71. The van der Waals surface area contributed by atoms with E-state index in [9.17, 15) is 5.26 Å². The van der Waals surface area contributed by atoms with E-state index in [1.165, 1.54) is 0 Å². The molecule has 1 aromatic rings. The fourth-order valence-electron chi connectivity index (χ4n) is 2.83. The van der Waals surface area contributed by atoms with Crippen LogP contribution in [0.4, 0.5) is 0 Å². The molecule has 0 saturated heterocycles. The maximum absolute atomic E-state index is 9.62. The van der Waals surface area contributed by atoms with Gasteiger partial charge in [0.1, 0.15) is 5.41 Å². The lowest BCUT2D eigenvalue weighted by Crippen LogP contribution is -2.37. The molecular weight excluding hydrogens is 194 g/mol. The van der Waals surface area contributed by atoms with Crippen LogP contribution in [0.2, 0.25) is 0 Å². The van der Waals surface area contributed by atoms with E-state index < -0.39 is 5.41 Å². The van der Waals surface area contributed by atoms with Crippen LogP contribution in [0.1, 0.15) is 31.7 Å². The molecule has 1 fully saturated rings. The minimum atomic E-state index is -0.459. The maximum Gasteiger partial charge on any atom is 0.105 e. The Hall–Kier alpha value is -1.55. The van der Waals surface area contributed by atoms with E-state index in [4.69, 9.17) is 0 Å². The van der Waals surface area contributed by atoms with Crippen LogP contribution in [0.25, 0.3) is 0 Å². The monoisotopic (exact) mass is 211 g/mol. The lowest BCUT2D eigenvalue weighted by atomic mass is 9.62. The fourth-order valence-corrected chi connectivity index (χ4v) is 2.83. The fraction of sp³-hybridized carbons (Fsp3) is 0.400. The molecule has 2 atom stereocenters. The van der Waals surface area contributed by atoms with Gasteiger partial charge < -0.3 is 0 Å². The summed E-state index contributed by atoms with van der Waals surface area (Å²) in [5.41, 5.74) is 1.73. The average Bonchev–Trinajstić information content (AvgIpc) is 2.31. The van der Waals surface area contributed by atoms with Gasteiger partial charge in [-0.05, 0) is 30.7 Å². The molecule has 82 valence electrons. The van der Waals surface area contributed by atoms with Gasteiger partial charge in [0.15, 0.2) is 0 Å². The predicted molar refractivity (Wildman–Crippen MR) is 65.9 cm³/mol. The molecule has 0 unspecified atom stereocenters. The van der Waals surface area contributed by atoms with Crippen molar-refractivity contribution in [2.45, 2.75) is 31.6 Å². The average molecular weight is 211 g/mol. The Balaban J connectivity index is 2.54. The van der Waals surface area contributed by atoms with Gasteiger partial charge in [-0.2, -0.15) is 5.26 Å². The van der Waals surface area contributed by atoms with Crippen LogP contribution in [0.3, 0.4) is 0 Å². The Labute approximate surface area is 97.4 Å². The van der Waals surface area contributed by atoms with Crippen molar-refractivity contribution in [2.75, 3.05) is 0 Å². The summed E-state index contributed by atoms with van der Waals surface area (Å²) in [6.07, 6.45) is 3.25. The molecule has 0 aliphatic heterocycles. The van der Waals surface area contributed by atoms with Crippen LogP contribution in [0.5, 0.6) is 0 Å². The van der Waals surface area contributed by atoms with Crippen LogP contribution >= 0.6 is 0 Å². The predicted octanol–water partition coefficient (Wildman–Crippen LogP) is 3.82. The third kappa shape index (κ3) is 1.46. The highest BCUT2D eigenvalue weighted by molar-refractivity contribution is 5.44. The van der Waals surface area contributed by atoms with Crippen molar-refractivity contribution in [1.29, 1.82) is 5.26 Å². The Morgan fingerprint density at radius 3 is 2.62 bits per heavy atom. The van der Waals surface area contributed by atoms with E-state index in [-0.39, 0.29) is 0 Å². The van der Waals surface area contributed by atoms with E-state index in [1.54, 1.807) is 0 Å². The van der Waals surface area contributed by atoms with E-state index in [0.717, 1.165) is 30.4 Å². The number of allylic oxidation sites excluding steroid dienone is 1. The minimum absolute atomic E-state index is 0.362. The summed E-state index contributed by atoms with van der Waals surface area (Å²) in [5.74, 6) is 0.362. The molecule has 0 spiro atoms. The molecule has 0 heterocycles. The van der Waals surface area contributed by atoms with Gasteiger partial charge in [0.25, 0.3) is 0 Å². The van der Waals surface area contributed by atoms with Gasteiger partial charge in [0.2, 0.25) is 0 Å². The number of benzene rings is 1. The van der Waals surface area contributed by atoms with Gasteiger partial charge in [0.05, 0.1) is 6.07 Å².